The first-order valence-corrected chi connectivity index (χ1v) is 7.98. The Morgan fingerprint density at radius 1 is 1.41 bits per heavy atom. The maximum absolute atomic E-state index is 12.5. The first-order valence-electron chi connectivity index (χ1n) is 6.54. The highest BCUT2D eigenvalue weighted by atomic mass is 32.2. The molecule has 1 aromatic rings. The Kier molecular flexibility index (Phi) is 5.49. The standard InChI is InChI=1S/C13H21N3O5S/c1-13(2,8-14)9-15(3)22(19,20)10-5-6-12(21-4)11(7-10)16(17)18/h5-7H,8-9,14H2,1-4H3. The molecule has 8 nitrogen and oxygen atoms in total. The Bertz CT molecular complexity index is 658. The number of ether oxygens (including phenoxy) is 1. The number of nitrogens with zero attached hydrogens (tertiary/aromatic N) is 2. The summed E-state index contributed by atoms with van der Waals surface area (Å²) in [5.41, 5.74) is 4.81. The van der Waals surface area contributed by atoms with E-state index in [1.165, 1.54) is 26.3 Å². The van der Waals surface area contributed by atoms with E-state index in [1.54, 1.807) is 0 Å². The Hall–Kier alpha value is -1.71. The summed E-state index contributed by atoms with van der Waals surface area (Å²) in [5.74, 6) is 0.00823. The van der Waals surface area contributed by atoms with Crippen LogP contribution in [0.3, 0.4) is 0 Å². The molecular weight excluding hydrogens is 310 g/mol. The third-order valence-electron chi connectivity index (χ3n) is 3.26. The molecule has 0 atom stereocenters. The lowest BCUT2D eigenvalue weighted by Gasteiger charge is -2.28. The van der Waals surface area contributed by atoms with Gasteiger partial charge in [-0.15, -0.1) is 0 Å². The fourth-order valence-electron chi connectivity index (χ4n) is 1.91. The van der Waals surface area contributed by atoms with Gasteiger partial charge < -0.3 is 10.5 Å². The largest absolute Gasteiger partial charge is 0.490 e. The third kappa shape index (κ3) is 3.93. The molecule has 124 valence electrons. The highest BCUT2D eigenvalue weighted by Gasteiger charge is 2.29. The van der Waals surface area contributed by atoms with Crippen molar-refractivity contribution in [2.24, 2.45) is 11.1 Å². The number of sulfonamides is 1. The number of nitro groups is 1. The lowest BCUT2D eigenvalue weighted by atomic mass is 9.94. The number of benzene rings is 1. The van der Waals surface area contributed by atoms with Crippen LogP contribution in [0.5, 0.6) is 5.75 Å². The lowest BCUT2D eigenvalue weighted by molar-refractivity contribution is -0.386. The molecular formula is C13H21N3O5S. The van der Waals surface area contributed by atoms with Crippen LogP contribution in [0.2, 0.25) is 0 Å². The van der Waals surface area contributed by atoms with Crippen LogP contribution in [0.1, 0.15) is 13.8 Å². The van der Waals surface area contributed by atoms with Gasteiger partial charge in [0.2, 0.25) is 10.0 Å². The number of nitro benzene ring substituents is 1. The highest BCUT2D eigenvalue weighted by Crippen LogP contribution is 2.30. The molecule has 0 radical (unpaired) electrons. The molecule has 0 aliphatic rings. The summed E-state index contributed by atoms with van der Waals surface area (Å²) in [5, 5.41) is 11.0. The van der Waals surface area contributed by atoms with E-state index < -0.39 is 26.0 Å². The smallest absolute Gasteiger partial charge is 0.312 e. The van der Waals surface area contributed by atoms with Gasteiger partial charge in [0, 0.05) is 19.7 Å². The molecule has 0 bridgehead atoms. The van der Waals surface area contributed by atoms with Crippen molar-refractivity contribution in [1.82, 2.24) is 4.31 Å². The van der Waals surface area contributed by atoms with Gasteiger partial charge in [-0.25, -0.2) is 12.7 Å². The van der Waals surface area contributed by atoms with Gasteiger partial charge >= 0.3 is 5.69 Å². The molecule has 0 saturated heterocycles. The van der Waals surface area contributed by atoms with Crippen molar-refractivity contribution in [3.63, 3.8) is 0 Å². The molecule has 0 heterocycles. The summed E-state index contributed by atoms with van der Waals surface area (Å²) in [6.45, 7) is 4.20. The topological polar surface area (TPSA) is 116 Å². The normalized spacial score (nSPS) is 12.5. The Labute approximate surface area is 130 Å². The molecule has 0 unspecified atom stereocenters. The Morgan fingerprint density at radius 3 is 2.45 bits per heavy atom. The second-order valence-electron chi connectivity index (χ2n) is 5.72. The molecule has 22 heavy (non-hydrogen) atoms. The third-order valence-corrected chi connectivity index (χ3v) is 5.06. The molecule has 0 aliphatic carbocycles. The van der Waals surface area contributed by atoms with Crippen LogP contribution < -0.4 is 10.5 Å². The zero-order valence-corrected chi connectivity index (χ0v) is 13.9. The quantitative estimate of drug-likeness (QED) is 0.593. The van der Waals surface area contributed by atoms with Crippen LogP contribution >= 0.6 is 0 Å². The molecule has 0 saturated carbocycles. The van der Waals surface area contributed by atoms with Gasteiger partial charge in [-0.2, -0.15) is 0 Å². The van der Waals surface area contributed by atoms with Crippen LogP contribution in [0, 0.1) is 15.5 Å². The second-order valence-corrected chi connectivity index (χ2v) is 7.77. The van der Waals surface area contributed by atoms with Gasteiger partial charge in [0.1, 0.15) is 0 Å². The molecule has 0 aliphatic heterocycles. The van der Waals surface area contributed by atoms with Gasteiger partial charge in [0.25, 0.3) is 0 Å². The van der Waals surface area contributed by atoms with Crippen LogP contribution in [-0.4, -0.2) is 44.9 Å². The molecule has 0 fully saturated rings. The second kappa shape index (κ2) is 6.59. The number of hydrogen-bond donors (Lipinski definition) is 1. The van der Waals surface area contributed by atoms with Gasteiger partial charge in [-0.1, -0.05) is 13.8 Å². The number of nitrogens with two attached hydrogens (primary N) is 1. The van der Waals surface area contributed by atoms with E-state index in [0.717, 1.165) is 10.4 Å². The van der Waals surface area contributed by atoms with Gasteiger partial charge in [0.05, 0.1) is 16.9 Å². The minimum absolute atomic E-state index is 0.00823. The maximum atomic E-state index is 12.5. The minimum Gasteiger partial charge on any atom is -0.490 e. The molecule has 2 N–H and O–H groups in total. The zero-order chi connectivity index (χ0) is 17.1. The van der Waals surface area contributed by atoms with E-state index in [1.807, 2.05) is 13.8 Å². The first kappa shape index (κ1) is 18.3. The van der Waals surface area contributed by atoms with Crippen molar-refractivity contribution in [1.29, 1.82) is 0 Å². The van der Waals surface area contributed by atoms with Gasteiger partial charge in [-0.3, -0.25) is 10.1 Å². The van der Waals surface area contributed by atoms with Crippen molar-refractivity contribution in [3.05, 3.63) is 28.3 Å². The first-order chi connectivity index (χ1) is 10.0. The van der Waals surface area contributed by atoms with E-state index in [0.29, 0.717) is 6.54 Å². The molecule has 9 heteroatoms. The molecule has 1 rings (SSSR count). The van der Waals surface area contributed by atoms with E-state index >= 15 is 0 Å². The molecule has 1 aromatic carbocycles. The summed E-state index contributed by atoms with van der Waals surface area (Å²) >= 11 is 0. The molecule has 0 spiro atoms. The van der Waals surface area contributed by atoms with Crippen LogP contribution in [0.25, 0.3) is 0 Å². The summed E-state index contributed by atoms with van der Waals surface area (Å²) in [6.07, 6.45) is 0. The van der Waals surface area contributed by atoms with Crippen LogP contribution in [0.4, 0.5) is 5.69 Å². The fraction of sp³-hybridized carbons (Fsp3) is 0.538. The lowest BCUT2D eigenvalue weighted by Crippen LogP contribution is -2.39. The predicted octanol–water partition coefficient (Wildman–Crippen LogP) is 1.21. The maximum Gasteiger partial charge on any atom is 0.312 e. The Morgan fingerprint density at radius 2 is 2.00 bits per heavy atom. The van der Waals surface area contributed by atoms with Gasteiger partial charge in [-0.05, 0) is 24.1 Å². The SMILES string of the molecule is COc1ccc(S(=O)(=O)N(C)CC(C)(C)CN)cc1[N+](=O)[O-]. The summed E-state index contributed by atoms with van der Waals surface area (Å²) in [7, 11) is -1.14. The minimum atomic E-state index is -3.85. The average Bonchev–Trinajstić information content (AvgIpc) is 2.45. The predicted molar refractivity (Wildman–Crippen MR) is 82.3 cm³/mol. The summed E-state index contributed by atoms with van der Waals surface area (Å²) in [4.78, 5) is 10.2. The van der Waals surface area contributed by atoms with E-state index in [9.17, 15) is 18.5 Å². The fourth-order valence-corrected chi connectivity index (χ4v) is 3.29. The van der Waals surface area contributed by atoms with Crippen molar-refractivity contribution >= 4 is 15.7 Å². The zero-order valence-electron chi connectivity index (χ0n) is 13.1. The van der Waals surface area contributed by atoms with Crippen molar-refractivity contribution in [3.8, 4) is 5.75 Å². The van der Waals surface area contributed by atoms with E-state index in [-0.39, 0.29) is 17.2 Å². The highest BCUT2D eigenvalue weighted by molar-refractivity contribution is 7.89. The molecule has 0 aromatic heterocycles. The number of rotatable bonds is 7. The van der Waals surface area contributed by atoms with Crippen LogP contribution in [-0.2, 0) is 10.0 Å². The monoisotopic (exact) mass is 331 g/mol. The number of methoxy groups -OCH3 is 1. The van der Waals surface area contributed by atoms with Crippen molar-refractivity contribution in [2.75, 3.05) is 27.2 Å². The summed E-state index contributed by atoms with van der Waals surface area (Å²) in [6, 6.07) is 3.56. The Balaban J connectivity index is 3.23. The molecule has 0 amide bonds. The van der Waals surface area contributed by atoms with Crippen LogP contribution in [0.15, 0.2) is 23.1 Å². The summed E-state index contributed by atoms with van der Waals surface area (Å²) < 4.78 is 31.1. The van der Waals surface area contributed by atoms with Crippen molar-refractivity contribution in [2.45, 2.75) is 18.7 Å². The van der Waals surface area contributed by atoms with Crippen molar-refractivity contribution < 1.29 is 18.1 Å². The van der Waals surface area contributed by atoms with Gasteiger partial charge in [0.15, 0.2) is 5.75 Å². The number of hydrogen-bond acceptors (Lipinski definition) is 6. The van der Waals surface area contributed by atoms with E-state index in [4.69, 9.17) is 10.5 Å². The van der Waals surface area contributed by atoms with E-state index in [2.05, 4.69) is 0 Å². The average molecular weight is 331 g/mol.